The topological polar surface area (TPSA) is 24.9 Å². The maximum absolute atomic E-state index is 13.4. The third kappa shape index (κ3) is 3.87. The molecule has 90 valence electrons. The van der Waals surface area contributed by atoms with Gasteiger partial charge in [0.15, 0.2) is 0 Å². The van der Waals surface area contributed by atoms with Gasteiger partial charge in [0.25, 0.3) is 0 Å². The summed E-state index contributed by atoms with van der Waals surface area (Å²) in [4.78, 5) is 4.19. The number of hydrogen-bond donors (Lipinski definition) is 1. The van der Waals surface area contributed by atoms with Crippen LogP contribution in [0.15, 0.2) is 33.6 Å². The Morgan fingerprint density at radius 2 is 2.29 bits per heavy atom. The van der Waals surface area contributed by atoms with Crippen molar-refractivity contribution in [2.45, 2.75) is 13.0 Å². The van der Waals surface area contributed by atoms with Crippen LogP contribution in [0.4, 0.5) is 4.39 Å². The molecule has 0 amide bonds. The smallest absolute Gasteiger partial charge is 0.127 e. The summed E-state index contributed by atoms with van der Waals surface area (Å²) in [6, 6.07) is 4.97. The van der Waals surface area contributed by atoms with Gasteiger partial charge >= 0.3 is 0 Å². The number of thiazole rings is 1. The lowest BCUT2D eigenvalue weighted by Gasteiger charge is -2.05. The molecule has 0 fully saturated rings. The standard InChI is InChI=1S/C12H12BrFN2S/c13-10-1-2-12(14)9(5-10)6-15-4-3-11-7-17-8-16-11/h1-2,5,7-8,15H,3-4,6H2. The Morgan fingerprint density at radius 3 is 3.06 bits per heavy atom. The van der Waals surface area contributed by atoms with Crippen molar-refractivity contribution < 1.29 is 4.39 Å². The first kappa shape index (κ1) is 12.7. The molecule has 0 radical (unpaired) electrons. The van der Waals surface area contributed by atoms with Crippen molar-refractivity contribution in [3.05, 3.63) is 50.6 Å². The molecular formula is C12H12BrFN2S. The van der Waals surface area contributed by atoms with E-state index in [-0.39, 0.29) is 5.82 Å². The number of rotatable bonds is 5. The van der Waals surface area contributed by atoms with Crippen LogP contribution in [-0.4, -0.2) is 11.5 Å². The lowest BCUT2D eigenvalue weighted by atomic mass is 10.2. The highest BCUT2D eigenvalue weighted by Gasteiger charge is 2.02. The van der Waals surface area contributed by atoms with E-state index in [1.54, 1.807) is 23.5 Å². The molecule has 0 saturated heterocycles. The van der Waals surface area contributed by atoms with Gasteiger partial charge in [0, 0.05) is 34.9 Å². The van der Waals surface area contributed by atoms with Crippen LogP contribution in [-0.2, 0) is 13.0 Å². The Balaban J connectivity index is 1.80. The fraction of sp³-hybridized carbons (Fsp3) is 0.250. The van der Waals surface area contributed by atoms with E-state index in [0.29, 0.717) is 12.1 Å². The Labute approximate surface area is 112 Å². The zero-order valence-electron chi connectivity index (χ0n) is 9.12. The number of hydrogen-bond acceptors (Lipinski definition) is 3. The Hall–Kier alpha value is -0.780. The lowest BCUT2D eigenvalue weighted by Crippen LogP contribution is -2.17. The molecule has 1 N–H and O–H groups in total. The van der Waals surface area contributed by atoms with Crippen molar-refractivity contribution in [1.29, 1.82) is 0 Å². The summed E-state index contributed by atoms with van der Waals surface area (Å²) in [5.41, 5.74) is 3.58. The van der Waals surface area contributed by atoms with Gasteiger partial charge in [0.1, 0.15) is 5.82 Å². The predicted molar refractivity (Wildman–Crippen MR) is 71.6 cm³/mol. The highest BCUT2D eigenvalue weighted by Crippen LogP contribution is 2.15. The van der Waals surface area contributed by atoms with Gasteiger partial charge in [-0.05, 0) is 18.2 Å². The molecule has 0 saturated carbocycles. The number of nitrogens with zero attached hydrogens (tertiary/aromatic N) is 1. The zero-order valence-corrected chi connectivity index (χ0v) is 11.5. The number of halogens is 2. The van der Waals surface area contributed by atoms with E-state index < -0.39 is 0 Å². The number of nitrogens with one attached hydrogen (secondary N) is 1. The molecule has 0 aliphatic heterocycles. The van der Waals surface area contributed by atoms with Gasteiger partial charge in [-0.2, -0.15) is 0 Å². The monoisotopic (exact) mass is 314 g/mol. The molecule has 0 atom stereocenters. The summed E-state index contributed by atoms with van der Waals surface area (Å²) in [7, 11) is 0. The number of benzene rings is 1. The van der Waals surface area contributed by atoms with Crippen molar-refractivity contribution in [1.82, 2.24) is 10.3 Å². The second kappa shape index (κ2) is 6.23. The fourth-order valence-electron chi connectivity index (χ4n) is 1.48. The summed E-state index contributed by atoms with van der Waals surface area (Å²) in [6.07, 6.45) is 0.874. The molecule has 2 nitrogen and oxygen atoms in total. The first-order valence-electron chi connectivity index (χ1n) is 5.27. The van der Waals surface area contributed by atoms with E-state index in [0.717, 1.165) is 23.1 Å². The van der Waals surface area contributed by atoms with Crippen LogP contribution in [0, 0.1) is 5.82 Å². The zero-order chi connectivity index (χ0) is 12.1. The second-order valence-electron chi connectivity index (χ2n) is 3.64. The molecule has 0 bridgehead atoms. The fourth-order valence-corrected chi connectivity index (χ4v) is 2.48. The van der Waals surface area contributed by atoms with Crippen LogP contribution in [0.25, 0.3) is 0 Å². The van der Waals surface area contributed by atoms with E-state index in [2.05, 4.69) is 26.2 Å². The van der Waals surface area contributed by atoms with Crippen LogP contribution >= 0.6 is 27.3 Å². The van der Waals surface area contributed by atoms with Gasteiger partial charge in [0.2, 0.25) is 0 Å². The van der Waals surface area contributed by atoms with Crippen LogP contribution < -0.4 is 5.32 Å². The third-order valence-corrected chi connectivity index (χ3v) is 3.49. The van der Waals surface area contributed by atoms with Gasteiger partial charge < -0.3 is 5.32 Å². The van der Waals surface area contributed by atoms with Crippen LogP contribution in [0.5, 0.6) is 0 Å². The predicted octanol–water partition coefficient (Wildman–Crippen LogP) is 3.38. The Kier molecular flexibility index (Phi) is 4.65. The summed E-state index contributed by atoms with van der Waals surface area (Å²) in [5, 5.41) is 5.24. The largest absolute Gasteiger partial charge is 0.312 e. The van der Waals surface area contributed by atoms with E-state index >= 15 is 0 Å². The summed E-state index contributed by atoms with van der Waals surface area (Å²) in [5.74, 6) is -0.172. The van der Waals surface area contributed by atoms with Gasteiger partial charge in [-0.3, -0.25) is 0 Å². The molecule has 0 aliphatic carbocycles. The first-order chi connectivity index (χ1) is 8.25. The highest BCUT2D eigenvalue weighted by atomic mass is 79.9. The molecule has 1 aromatic carbocycles. The molecule has 0 unspecified atom stereocenters. The van der Waals surface area contributed by atoms with Crippen molar-refractivity contribution in [3.63, 3.8) is 0 Å². The summed E-state index contributed by atoms with van der Waals surface area (Å²) >= 11 is 4.93. The summed E-state index contributed by atoms with van der Waals surface area (Å²) < 4.78 is 14.3. The normalized spacial score (nSPS) is 10.7. The van der Waals surface area contributed by atoms with Crippen LogP contribution in [0.2, 0.25) is 0 Å². The Bertz CT molecular complexity index is 473. The minimum Gasteiger partial charge on any atom is -0.312 e. The average Bonchev–Trinajstić information content (AvgIpc) is 2.82. The van der Waals surface area contributed by atoms with Crippen LogP contribution in [0.1, 0.15) is 11.3 Å². The van der Waals surface area contributed by atoms with Gasteiger partial charge in [0.05, 0.1) is 11.2 Å². The van der Waals surface area contributed by atoms with Gasteiger partial charge in [-0.1, -0.05) is 15.9 Å². The first-order valence-corrected chi connectivity index (χ1v) is 7.01. The van der Waals surface area contributed by atoms with Crippen LogP contribution in [0.3, 0.4) is 0 Å². The Morgan fingerprint density at radius 1 is 1.41 bits per heavy atom. The minimum absolute atomic E-state index is 0.172. The van der Waals surface area contributed by atoms with E-state index in [1.807, 2.05) is 10.9 Å². The molecule has 1 aromatic heterocycles. The number of aromatic nitrogens is 1. The van der Waals surface area contributed by atoms with Gasteiger partial charge in [-0.15, -0.1) is 11.3 Å². The third-order valence-electron chi connectivity index (χ3n) is 2.36. The van der Waals surface area contributed by atoms with Crippen molar-refractivity contribution in [2.75, 3.05) is 6.54 Å². The molecule has 2 aromatic rings. The molecule has 1 heterocycles. The SMILES string of the molecule is Fc1ccc(Br)cc1CNCCc1cscn1. The van der Waals surface area contributed by atoms with Gasteiger partial charge in [-0.25, -0.2) is 9.37 Å². The van der Waals surface area contributed by atoms with Crippen molar-refractivity contribution in [3.8, 4) is 0 Å². The molecule has 5 heteroatoms. The summed E-state index contributed by atoms with van der Waals surface area (Å²) in [6.45, 7) is 1.34. The van der Waals surface area contributed by atoms with E-state index in [4.69, 9.17) is 0 Å². The molecule has 17 heavy (non-hydrogen) atoms. The van der Waals surface area contributed by atoms with Crippen molar-refractivity contribution >= 4 is 27.3 Å². The molecule has 2 rings (SSSR count). The van der Waals surface area contributed by atoms with Crippen molar-refractivity contribution in [2.24, 2.45) is 0 Å². The maximum Gasteiger partial charge on any atom is 0.127 e. The second-order valence-corrected chi connectivity index (χ2v) is 5.28. The quantitative estimate of drug-likeness (QED) is 0.856. The average molecular weight is 315 g/mol. The highest BCUT2D eigenvalue weighted by molar-refractivity contribution is 9.10. The molecular weight excluding hydrogens is 303 g/mol. The maximum atomic E-state index is 13.4. The minimum atomic E-state index is -0.172. The lowest BCUT2D eigenvalue weighted by molar-refractivity contribution is 0.587. The molecule has 0 spiro atoms. The van der Waals surface area contributed by atoms with E-state index in [1.165, 1.54) is 6.07 Å². The van der Waals surface area contributed by atoms with E-state index in [9.17, 15) is 4.39 Å². The molecule has 0 aliphatic rings.